The van der Waals surface area contributed by atoms with Gasteiger partial charge in [0.1, 0.15) is 0 Å². The summed E-state index contributed by atoms with van der Waals surface area (Å²) in [6.07, 6.45) is 9.56. The first kappa shape index (κ1) is 26.5. The van der Waals surface area contributed by atoms with Gasteiger partial charge >= 0.3 is 0 Å². The number of nitrogens with zero attached hydrogens (tertiary/aromatic N) is 1. The van der Waals surface area contributed by atoms with Crippen LogP contribution in [0.5, 0.6) is 0 Å². The molecule has 2 aromatic rings. The lowest BCUT2D eigenvalue weighted by molar-refractivity contribution is -0.114. The van der Waals surface area contributed by atoms with E-state index in [1.54, 1.807) is 5.57 Å². The summed E-state index contributed by atoms with van der Waals surface area (Å²) in [7, 11) is 4.17. The van der Waals surface area contributed by atoms with E-state index < -0.39 is 5.60 Å². The van der Waals surface area contributed by atoms with Crippen LogP contribution >= 0.6 is 0 Å². The molecule has 4 aliphatic rings. The van der Waals surface area contributed by atoms with Crippen molar-refractivity contribution in [1.29, 1.82) is 0 Å². The molecule has 4 nitrogen and oxygen atoms in total. The van der Waals surface area contributed by atoms with Gasteiger partial charge in [0.15, 0.2) is 5.78 Å². The summed E-state index contributed by atoms with van der Waals surface area (Å²) < 4.78 is 0. The minimum atomic E-state index is -0.738. The van der Waals surface area contributed by atoms with Gasteiger partial charge in [0.25, 0.3) is 0 Å². The van der Waals surface area contributed by atoms with E-state index in [1.165, 1.54) is 33.5 Å². The summed E-state index contributed by atoms with van der Waals surface area (Å²) in [5, 5.41) is 21.7. The summed E-state index contributed by atoms with van der Waals surface area (Å²) >= 11 is 0. The van der Waals surface area contributed by atoms with E-state index in [2.05, 4.69) is 74.4 Å². The molecule has 6 rings (SSSR count). The average molecular weight is 526 g/mol. The van der Waals surface area contributed by atoms with Gasteiger partial charge in [-0.25, -0.2) is 0 Å². The number of anilines is 1. The van der Waals surface area contributed by atoms with E-state index in [9.17, 15) is 15.0 Å². The van der Waals surface area contributed by atoms with Gasteiger partial charge in [0, 0.05) is 49.7 Å². The predicted octanol–water partition coefficient (Wildman–Crippen LogP) is 6.82. The maximum atomic E-state index is 12.3. The van der Waals surface area contributed by atoms with E-state index in [0.29, 0.717) is 31.1 Å². The number of para-hydroxylation sites is 1. The van der Waals surface area contributed by atoms with Crippen molar-refractivity contribution in [2.45, 2.75) is 76.2 Å². The average Bonchev–Trinajstić information content (AvgIpc) is 3.21. The molecule has 4 heteroatoms. The first-order chi connectivity index (χ1) is 18.8. The van der Waals surface area contributed by atoms with Crippen molar-refractivity contribution in [2.24, 2.45) is 17.3 Å². The maximum Gasteiger partial charge on any atom is 0.156 e. The summed E-state index contributed by atoms with van der Waals surface area (Å²) in [5.74, 6) is 1.41. The topological polar surface area (TPSA) is 60.8 Å². The van der Waals surface area contributed by atoms with Crippen LogP contribution in [0, 0.1) is 17.3 Å². The Morgan fingerprint density at radius 3 is 2.51 bits per heavy atom. The molecule has 0 bridgehead atoms. The highest BCUT2D eigenvalue weighted by Crippen LogP contribution is 2.67. The Labute approximate surface area is 233 Å². The Kier molecular flexibility index (Phi) is 6.84. The number of benzene rings is 2. The van der Waals surface area contributed by atoms with Gasteiger partial charge in [0.2, 0.25) is 0 Å². The molecular weight excluding hydrogens is 482 g/mol. The molecule has 2 N–H and O–H groups in total. The van der Waals surface area contributed by atoms with E-state index in [0.717, 1.165) is 38.5 Å². The van der Waals surface area contributed by atoms with Gasteiger partial charge in [-0.3, -0.25) is 4.79 Å². The van der Waals surface area contributed by atoms with E-state index >= 15 is 0 Å². The third kappa shape index (κ3) is 4.31. The quantitative estimate of drug-likeness (QED) is 0.434. The van der Waals surface area contributed by atoms with Gasteiger partial charge in [-0.05, 0) is 97.6 Å². The van der Waals surface area contributed by atoms with Crippen molar-refractivity contribution in [3.8, 4) is 11.1 Å². The van der Waals surface area contributed by atoms with E-state index in [-0.39, 0.29) is 23.7 Å². The molecule has 0 heterocycles. The monoisotopic (exact) mass is 525 g/mol. The second kappa shape index (κ2) is 10.1. The van der Waals surface area contributed by atoms with Gasteiger partial charge in [-0.2, -0.15) is 0 Å². The second-order valence-electron chi connectivity index (χ2n) is 12.9. The fourth-order valence-electron chi connectivity index (χ4n) is 8.84. The molecule has 0 spiro atoms. The molecule has 0 radical (unpaired) electrons. The normalized spacial score (nSPS) is 31.9. The van der Waals surface area contributed by atoms with Crippen molar-refractivity contribution < 1.29 is 15.0 Å². The predicted molar refractivity (Wildman–Crippen MR) is 158 cm³/mol. The van der Waals surface area contributed by atoms with Crippen LogP contribution in [-0.4, -0.2) is 42.3 Å². The fourth-order valence-corrected chi connectivity index (χ4v) is 8.84. The molecule has 0 unspecified atom stereocenters. The molecule has 2 aromatic carbocycles. The molecule has 39 heavy (non-hydrogen) atoms. The number of carbonyl (C=O) groups is 1. The number of hydrogen-bond acceptors (Lipinski definition) is 4. The Hall–Kier alpha value is -2.69. The van der Waals surface area contributed by atoms with Gasteiger partial charge in [-0.1, -0.05) is 55.0 Å². The van der Waals surface area contributed by atoms with Crippen LogP contribution in [0.4, 0.5) is 5.69 Å². The highest BCUT2D eigenvalue weighted by atomic mass is 16.3. The zero-order valence-corrected chi connectivity index (χ0v) is 23.7. The third-order valence-electron chi connectivity index (χ3n) is 10.8. The highest BCUT2D eigenvalue weighted by molar-refractivity contribution is 5.93. The smallest absolute Gasteiger partial charge is 0.156 e. The first-order valence-corrected chi connectivity index (χ1v) is 14.9. The SMILES string of the molecule is CN(C)c1ccccc1-c1ccc([C@H]2C[C@]3(C)[C@@H](CC[C@@]3(O)CCCO)[C@@H]3CCC4=CC(=O)CCC4=C32)cc1. The summed E-state index contributed by atoms with van der Waals surface area (Å²) in [6, 6.07) is 17.7. The molecular formula is C35H43NO3. The number of hydrogen-bond donors (Lipinski definition) is 2. The largest absolute Gasteiger partial charge is 0.396 e. The zero-order valence-electron chi connectivity index (χ0n) is 23.7. The second-order valence-corrected chi connectivity index (χ2v) is 12.9. The van der Waals surface area contributed by atoms with Gasteiger partial charge in [-0.15, -0.1) is 0 Å². The van der Waals surface area contributed by atoms with Crippen molar-refractivity contribution in [2.75, 3.05) is 25.6 Å². The number of carbonyl (C=O) groups excluding carboxylic acids is 1. The van der Waals surface area contributed by atoms with Crippen LogP contribution in [0.2, 0.25) is 0 Å². The lowest BCUT2D eigenvalue weighted by Crippen LogP contribution is -2.51. The molecule has 2 fully saturated rings. The highest BCUT2D eigenvalue weighted by Gasteiger charge is 2.62. The molecule has 2 saturated carbocycles. The van der Waals surface area contributed by atoms with Gasteiger partial charge < -0.3 is 15.1 Å². The molecule has 0 aliphatic heterocycles. The Morgan fingerprint density at radius 1 is 1.00 bits per heavy atom. The van der Waals surface area contributed by atoms with Gasteiger partial charge in [0.05, 0.1) is 5.60 Å². The number of fused-ring (bicyclic) bond motifs is 4. The van der Waals surface area contributed by atoms with Crippen LogP contribution < -0.4 is 4.90 Å². The fraction of sp³-hybridized carbons (Fsp3) is 0.514. The molecule has 5 atom stereocenters. The first-order valence-electron chi connectivity index (χ1n) is 14.9. The summed E-state index contributed by atoms with van der Waals surface area (Å²) in [5.41, 5.74) is 8.33. The van der Waals surface area contributed by atoms with Crippen molar-refractivity contribution >= 4 is 11.5 Å². The molecule has 4 aliphatic carbocycles. The summed E-state index contributed by atoms with van der Waals surface area (Å²) in [4.78, 5) is 14.5. The zero-order chi connectivity index (χ0) is 27.4. The van der Waals surface area contributed by atoms with Crippen molar-refractivity contribution in [1.82, 2.24) is 0 Å². The molecule has 0 saturated heterocycles. The number of rotatable bonds is 6. The number of ketones is 1. The number of aliphatic hydroxyl groups excluding tert-OH is 1. The Morgan fingerprint density at radius 2 is 1.77 bits per heavy atom. The van der Waals surface area contributed by atoms with Crippen LogP contribution in [-0.2, 0) is 4.79 Å². The maximum absolute atomic E-state index is 12.3. The molecule has 0 aromatic heterocycles. The molecule has 0 amide bonds. The van der Waals surface area contributed by atoms with E-state index in [1.807, 2.05) is 6.08 Å². The Bertz CT molecular complexity index is 1320. The van der Waals surface area contributed by atoms with Crippen LogP contribution in [0.3, 0.4) is 0 Å². The van der Waals surface area contributed by atoms with Crippen LogP contribution in [0.25, 0.3) is 11.1 Å². The molecule has 206 valence electrons. The van der Waals surface area contributed by atoms with Crippen molar-refractivity contribution in [3.05, 3.63) is 76.9 Å². The third-order valence-corrected chi connectivity index (χ3v) is 10.8. The minimum Gasteiger partial charge on any atom is -0.396 e. The van der Waals surface area contributed by atoms with Crippen LogP contribution in [0.1, 0.15) is 76.2 Å². The van der Waals surface area contributed by atoms with Crippen LogP contribution in [0.15, 0.2) is 71.3 Å². The lowest BCUT2D eigenvalue weighted by Gasteiger charge is -2.55. The van der Waals surface area contributed by atoms with E-state index in [4.69, 9.17) is 0 Å². The standard InChI is InChI=1S/C35H43NO3/c1-34-22-30(24-11-9-23(10-12-24)27-7-4-5-8-32(27)36(2)3)33-28-16-14-26(38)21-25(28)13-15-29(33)31(34)17-19-35(34,39)18-6-20-37/h4-5,7-12,21,29-31,37,39H,6,13-20,22H2,1-3H3/t29-,30+,31-,34+,35-/m0/s1. The lowest BCUT2D eigenvalue weighted by atomic mass is 9.51. The Balaban J connectivity index is 1.44. The summed E-state index contributed by atoms with van der Waals surface area (Å²) in [6.45, 7) is 2.47. The number of aliphatic hydroxyl groups is 2. The number of allylic oxidation sites excluding steroid dienone is 4. The minimum absolute atomic E-state index is 0.128. The van der Waals surface area contributed by atoms with Crippen molar-refractivity contribution in [3.63, 3.8) is 0 Å².